The first kappa shape index (κ1) is 47.7. The highest BCUT2D eigenvalue weighted by molar-refractivity contribution is 5.08. The molecule has 5 unspecified atom stereocenters. The second kappa shape index (κ2) is 22.2. The molecule has 1 aliphatic rings. The maximum Gasteiger partial charge on any atom is 0.188 e. The molecular weight excluding hydrogens is 649 g/mol. The molecule has 9 atom stereocenters. The molecule has 6 nitrogen and oxygen atoms in total. The SMILES string of the molecule is C=CC(C)(CCC=C(C)C)OC1O[C@H](CO)[C@@H](OC(C)(C=C)CCC=C(C)C)[C@H](OC(C)(C=C)CCC=C(C)C)[C@H]1OC(C)(C=C)CCC=C(C)C. The molecule has 0 radical (unpaired) electrons. The quantitative estimate of drug-likeness (QED) is 0.0946. The Morgan fingerprint density at radius 2 is 0.788 bits per heavy atom. The summed E-state index contributed by atoms with van der Waals surface area (Å²) in [6, 6.07) is 0. The lowest BCUT2D eigenvalue weighted by Crippen LogP contribution is -2.66. The van der Waals surface area contributed by atoms with E-state index >= 15 is 0 Å². The average molecular weight is 725 g/mol. The van der Waals surface area contributed by atoms with Gasteiger partial charge in [-0.3, -0.25) is 0 Å². The van der Waals surface area contributed by atoms with Gasteiger partial charge in [0.1, 0.15) is 24.4 Å². The van der Waals surface area contributed by atoms with Crippen LogP contribution in [0.1, 0.15) is 134 Å². The molecule has 0 bridgehead atoms. The van der Waals surface area contributed by atoms with E-state index in [0.29, 0.717) is 25.7 Å². The van der Waals surface area contributed by atoms with Crippen LogP contribution in [0.15, 0.2) is 97.2 Å². The summed E-state index contributed by atoms with van der Waals surface area (Å²) < 4.78 is 35.1. The molecule has 1 fully saturated rings. The third kappa shape index (κ3) is 16.4. The van der Waals surface area contributed by atoms with E-state index in [4.69, 9.17) is 23.7 Å². The molecule has 6 heteroatoms. The molecule has 1 N–H and O–H groups in total. The summed E-state index contributed by atoms with van der Waals surface area (Å²) in [4.78, 5) is 0. The second-order valence-electron chi connectivity index (χ2n) is 16.4. The van der Waals surface area contributed by atoms with Crippen LogP contribution in [0.5, 0.6) is 0 Å². The fourth-order valence-corrected chi connectivity index (χ4v) is 6.15. The van der Waals surface area contributed by atoms with Crippen molar-refractivity contribution >= 4 is 0 Å². The predicted molar refractivity (Wildman–Crippen MR) is 221 cm³/mol. The summed E-state index contributed by atoms with van der Waals surface area (Å²) in [7, 11) is 0. The number of hydrogen-bond acceptors (Lipinski definition) is 6. The zero-order valence-corrected chi connectivity index (χ0v) is 35.2. The van der Waals surface area contributed by atoms with Crippen molar-refractivity contribution in [3.63, 3.8) is 0 Å². The molecule has 0 aliphatic carbocycles. The summed E-state index contributed by atoms with van der Waals surface area (Å²) in [5.74, 6) is 0. The molecule has 0 aromatic rings. The van der Waals surface area contributed by atoms with Gasteiger partial charge in [0.25, 0.3) is 0 Å². The molecule has 0 saturated carbocycles. The maximum absolute atomic E-state index is 11.0. The molecule has 1 heterocycles. The molecule has 0 aromatic carbocycles. The molecule has 0 aromatic heterocycles. The highest BCUT2D eigenvalue weighted by Crippen LogP contribution is 2.40. The van der Waals surface area contributed by atoms with Crippen molar-refractivity contribution < 1.29 is 28.8 Å². The largest absolute Gasteiger partial charge is 0.394 e. The fraction of sp³-hybridized carbons (Fsp3) is 0.652. The van der Waals surface area contributed by atoms with Crippen LogP contribution < -0.4 is 0 Å². The Bertz CT molecular complexity index is 1260. The Kier molecular flexibility index (Phi) is 20.3. The van der Waals surface area contributed by atoms with Gasteiger partial charge in [0.15, 0.2) is 6.29 Å². The predicted octanol–water partition coefficient (Wildman–Crippen LogP) is 11.6. The molecule has 0 spiro atoms. The summed E-state index contributed by atoms with van der Waals surface area (Å²) in [5.41, 5.74) is 1.87. The van der Waals surface area contributed by atoms with Gasteiger partial charge in [-0.25, -0.2) is 0 Å². The Labute approximate surface area is 319 Å². The first-order valence-corrected chi connectivity index (χ1v) is 19.3. The van der Waals surface area contributed by atoms with E-state index < -0.39 is 53.1 Å². The van der Waals surface area contributed by atoms with Crippen LogP contribution in [0.2, 0.25) is 0 Å². The van der Waals surface area contributed by atoms with Crippen molar-refractivity contribution in [3.05, 3.63) is 97.2 Å². The lowest BCUT2D eigenvalue weighted by molar-refractivity contribution is -0.360. The van der Waals surface area contributed by atoms with Crippen molar-refractivity contribution in [1.82, 2.24) is 0 Å². The van der Waals surface area contributed by atoms with Gasteiger partial charge in [-0.05, 0) is 134 Å². The van der Waals surface area contributed by atoms with Crippen LogP contribution in [0.4, 0.5) is 0 Å². The summed E-state index contributed by atoms with van der Waals surface area (Å²) in [5, 5.41) is 11.0. The van der Waals surface area contributed by atoms with Crippen LogP contribution in [-0.2, 0) is 23.7 Å². The van der Waals surface area contributed by atoms with Gasteiger partial charge in [-0.15, -0.1) is 26.3 Å². The van der Waals surface area contributed by atoms with Gasteiger partial charge in [0, 0.05) is 0 Å². The minimum Gasteiger partial charge on any atom is -0.394 e. The van der Waals surface area contributed by atoms with Crippen molar-refractivity contribution in [2.45, 2.75) is 188 Å². The molecule has 1 saturated heterocycles. The van der Waals surface area contributed by atoms with Crippen LogP contribution in [-0.4, -0.2) is 64.8 Å². The van der Waals surface area contributed by atoms with Crippen molar-refractivity contribution in [3.8, 4) is 0 Å². The van der Waals surface area contributed by atoms with Crippen molar-refractivity contribution in [2.75, 3.05) is 6.61 Å². The molecular formula is C46H76O6. The van der Waals surface area contributed by atoms with Gasteiger partial charge in [-0.2, -0.15) is 0 Å². The van der Waals surface area contributed by atoms with Gasteiger partial charge >= 0.3 is 0 Å². The second-order valence-corrected chi connectivity index (χ2v) is 16.4. The minimum absolute atomic E-state index is 0.317. The van der Waals surface area contributed by atoms with E-state index in [1.54, 1.807) is 0 Å². The van der Waals surface area contributed by atoms with Crippen LogP contribution in [0, 0.1) is 0 Å². The summed E-state index contributed by atoms with van der Waals surface area (Å²) >= 11 is 0. The third-order valence-corrected chi connectivity index (χ3v) is 9.87. The zero-order valence-electron chi connectivity index (χ0n) is 35.2. The normalized spacial score (nSPS) is 24.8. The number of hydrogen-bond donors (Lipinski definition) is 1. The Balaban J connectivity index is 4.00. The van der Waals surface area contributed by atoms with Gasteiger partial charge in [0.2, 0.25) is 0 Å². The van der Waals surface area contributed by atoms with E-state index in [9.17, 15) is 5.11 Å². The maximum atomic E-state index is 11.0. The molecule has 1 rings (SSSR count). The Morgan fingerprint density at radius 3 is 1.08 bits per heavy atom. The number of allylic oxidation sites excluding steroid dienone is 8. The minimum atomic E-state index is -0.938. The lowest BCUT2D eigenvalue weighted by Gasteiger charge is -2.52. The molecule has 1 aliphatic heterocycles. The number of ether oxygens (including phenoxy) is 5. The third-order valence-electron chi connectivity index (χ3n) is 9.87. The van der Waals surface area contributed by atoms with Crippen molar-refractivity contribution in [2.24, 2.45) is 0 Å². The van der Waals surface area contributed by atoms with Crippen LogP contribution >= 0.6 is 0 Å². The zero-order chi connectivity index (χ0) is 39.8. The van der Waals surface area contributed by atoms with Gasteiger partial charge < -0.3 is 28.8 Å². The monoisotopic (exact) mass is 725 g/mol. The van der Waals surface area contributed by atoms with E-state index in [0.717, 1.165) is 25.7 Å². The number of rotatable bonds is 25. The smallest absolute Gasteiger partial charge is 0.188 e. The molecule has 0 amide bonds. The van der Waals surface area contributed by atoms with Crippen molar-refractivity contribution in [1.29, 1.82) is 0 Å². The Hall–Kier alpha value is -2.32. The fourth-order valence-electron chi connectivity index (χ4n) is 6.15. The highest BCUT2D eigenvalue weighted by atomic mass is 16.7. The highest BCUT2D eigenvalue weighted by Gasteiger charge is 2.54. The first-order chi connectivity index (χ1) is 24.2. The average Bonchev–Trinajstić information content (AvgIpc) is 3.06. The topological polar surface area (TPSA) is 66.4 Å². The van der Waals surface area contributed by atoms with Crippen LogP contribution in [0.3, 0.4) is 0 Å². The van der Waals surface area contributed by atoms with Crippen LogP contribution in [0.25, 0.3) is 0 Å². The lowest BCUT2D eigenvalue weighted by atomic mass is 9.91. The Morgan fingerprint density at radius 1 is 0.500 bits per heavy atom. The standard InChI is InChI=1S/C46H76O6/c1-17-43(13,29-21-25-34(5)6)49-39-38(33-47)48-42(52-46(16,20-4)32-24-28-37(11)12)41(51-45(15,19-3)31-23-27-36(9)10)40(39)50-44(14,18-2)30-22-26-35(7)8/h17-20,25-28,38-42,47H,1-4,21-24,29-33H2,5-16H3/t38-,39-,40+,41-,42?,43?,44?,45?,46?/m1/s1. The first-order valence-electron chi connectivity index (χ1n) is 19.3. The number of aliphatic hydroxyl groups excluding tert-OH is 1. The molecule has 52 heavy (non-hydrogen) atoms. The summed E-state index contributed by atoms with van der Waals surface area (Å²) in [6.07, 6.45) is 18.1. The summed E-state index contributed by atoms with van der Waals surface area (Å²) in [6.45, 7) is 41.3. The van der Waals surface area contributed by atoms with Gasteiger partial charge in [0.05, 0.1) is 29.0 Å². The van der Waals surface area contributed by atoms with E-state index in [1.165, 1.54) is 22.3 Å². The molecule has 296 valence electrons. The van der Waals surface area contributed by atoms with E-state index in [1.807, 2.05) is 52.0 Å². The van der Waals surface area contributed by atoms with E-state index in [2.05, 4.69) is 106 Å². The van der Waals surface area contributed by atoms with E-state index in [-0.39, 0.29) is 6.61 Å². The van der Waals surface area contributed by atoms with Gasteiger partial charge in [-0.1, -0.05) is 70.9 Å². The number of aliphatic hydroxyl groups is 1.